The quantitative estimate of drug-likeness (QED) is 0.763. The molecule has 5 heteroatoms. The van der Waals surface area contributed by atoms with Crippen molar-refractivity contribution in [3.8, 4) is 5.75 Å². The number of ether oxygens (including phenoxy) is 1. The van der Waals surface area contributed by atoms with Crippen LogP contribution in [0.25, 0.3) is 0 Å². The van der Waals surface area contributed by atoms with Gasteiger partial charge in [-0.3, -0.25) is 9.59 Å². The molecule has 0 aliphatic heterocycles. The van der Waals surface area contributed by atoms with Gasteiger partial charge in [-0.25, -0.2) is 0 Å². The summed E-state index contributed by atoms with van der Waals surface area (Å²) in [6, 6.07) is 17.0. The summed E-state index contributed by atoms with van der Waals surface area (Å²) in [7, 11) is 1.63. The summed E-state index contributed by atoms with van der Waals surface area (Å²) >= 11 is 0. The highest BCUT2D eigenvalue weighted by Crippen LogP contribution is 2.46. The maximum Gasteiger partial charge on any atom is 0.240 e. The Labute approximate surface area is 147 Å². The van der Waals surface area contributed by atoms with Crippen molar-refractivity contribution < 1.29 is 14.3 Å². The van der Waals surface area contributed by atoms with E-state index in [9.17, 15) is 9.59 Å². The summed E-state index contributed by atoms with van der Waals surface area (Å²) < 4.78 is 5.13. The van der Waals surface area contributed by atoms with Gasteiger partial charge in [0.1, 0.15) is 11.2 Å². The third kappa shape index (κ3) is 3.99. The molecule has 1 fully saturated rings. The number of para-hydroxylation sites is 1. The Kier molecular flexibility index (Phi) is 5.03. The molecule has 0 radical (unpaired) electrons. The molecule has 2 amide bonds. The first-order valence-corrected chi connectivity index (χ1v) is 8.42. The fraction of sp³-hybridized carbons (Fsp3) is 0.300. The Morgan fingerprint density at radius 1 is 1.00 bits per heavy atom. The molecule has 1 aliphatic rings. The van der Waals surface area contributed by atoms with E-state index >= 15 is 0 Å². The third-order valence-corrected chi connectivity index (χ3v) is 4.51. The van der Waals surface area contributed by atoms with Gasteiger partial charge in [-0.2, -0.15) is 0 Å². The van der Waals surface area contributed by atoms with Crippen molar-refractivity contribution in [1.29, 1.82) is 0 Å². The maximum atomic E-state index is 12.5. The zero-order valence-corrected chi connectivity index (χ0v) is 14.2. The van der Waals surface area contributed by atoms with Gasteiger partial charge in [0.25, 0.3) is 0 Å². The molecule has 0 atom stereocenters. The molecular weight excluding hydrogens is 316 g/mol. The summed E-state index contributed by atoms with van der Waals surface area (Å²) in [6.45, 7) is 0.505. The zero-order chi connectivity index (χ0) is 17.7. The largest absolute Gasteiger partial charge is 0.497 e. The van der Waals surface area contributed by atoms with Crippen molar-refractivity contribution in [3.63, 3.8) is 0 Å². The fourth-order valence-corrected chi connectivity index (χ4v) is 2.74. The molecule has 3 rings (SSSR count). The van der Waals surface area contributed by atoms with Crippen molar-refractivity contribution in [2.75, 3.05) is 19.0 Å². The highest BCUT2D eigenvalue weighted by Gasteiger charge is 2.56. The second-order valence-electron chi connectivity index (χ2n) is 6.26. The molecule has 1 saturated carbocycles. The number of carbonyl (C=O) groups excluding carboxylic acids is 2. The van der Waals surface area contributed by atoms with E-state index in [1.807, 2.05) is 54.6 Å². The van der Waals surface area contributed by atoms with E-state index in [4.69, 9.17) is 4.74 Å². The molecule has 0 bridgehead atoms. The van der Waals surface area contributed by atoms with Crippen molar-refractivity contribution in [2.24, 2.45) is 5.41 Å². The van der Waals surface area contributed by atoms with Crippen LogP contribution in [-0.2, 0) is 16.0 Å². The smallest absolute Gasteiger partial charge is 0.240 e. The summed E-state index contributed by atoms with van der Waals surface area (Å²) in [6.07, 6.45) is 1.91. The molecule has 5 nitrogen and oxygen atoms in total. The molecule has 25 heavy (non-hydrogen) atoms. The molecule has 0 spiro atoms. The number of nitrogens with one attached hydrogen (secondary N) is 2. The Hall–Kier alpha value is -2.82. The van der Waals surface area contributed by atoms with Gasteiger partial charge in [-0.05, 0) is 49.1 Å². The van der Waals surface area contributed by atoms with Crippen LogP contribution in [0, 0.1) is 5.41 Å². The van der Waals surface area contributed by atoms with E-state index in [-0.39, 0.29) is 11.8 Å². The van der Waals surface area contributed by atoms with Crippen LogP contribution in [0.2, 0.25) is 0 Å². The van der Waals surface area contributed by atoms with E-state index in [1.54, 1.807) is 7.11 Å². The van der Waals surface area contributed by atoms with E-state index < -0.39 is 5.41 Å². The molecule has 0 saturated heterocycles. The van der Waals surface area contributed by atoms with E-state index in [0.717, 1.165) is 11.3 Å². The predicted molar refractivity (Wildman–Crippen MR) is 96.4 cm³/mol. The number of anilines is 1. The van der Waals surface area contributed by atoms with Crippen LogP contribution in [0.5, 0.6) is 5.75 Å². The van der Waals surface area contributed by atoms with Gasteiger partial charge in [0.2, 0.25) is 11.8 Å². The summed E-state index contributed by atoms with van der Waals surface area (Å²) in [5.74, 6) is 0.400. The Bertz CT molecular complexity index is 737. The first kappa shape index (κ1) is 17.0. The lowest BCUT2D eigenvalue weighted by Crippen LogP contribution is -2.40. The Balaban J connectivity index is 1.50. The predicted octanol–water partition coefficient (Wildman–Crippen LogP) is 2.77. The summed E-state index contributed by atoms with van der Waals surface area (Å²) in [5, 5.41) is 5.73. The molecule has 0 unspecified atom stereocenters. The summed E-state index contributed by atoms with van der Waals surface area (Å²) in [4.78, 5) is 24.9. The van der Waals surface area contributed by atoms with Crippen LogP contribution in [0.4, 0.5) is 5.69 Å². The minimum Gasteiger partial charge on any atom is -0.497 e. The monoisotopic (exact) mass is 338 g/mol. The SMILES string of the molecule is COc1ccc(CCNC(=O)C2(C(=O)Nc3ccccc3)CC2)cc1. The number of rotatable bonds is 7. The van der Waals surface area contributed by atoms with Crippen LogP contribution in [-0.4, -0.2) is 25.5 Å². The first-order valence-electron chi connectivity index (χ1n) is 8.42. The summed E-state index contributed by atoms with van der Waals surface area (Å²) in [5.41, 5.74) is 0.917. The van der Waals surface area contributed by atoms with Crippen molar-refractivity contribution >= 4 is 17.5 Å². The molecule has 2 aromatic carbocycles. The topological polar surface area (TPSA) is 67.4 Å². The van der Waals surface area contributed by atoms with Crippen molar-refractivity contribution in [3.05, 3.63) is 60.2 Å². The molecule has 0 heterocycles. The molecule has 1 aliphatic carbocycles. The van der Waals surface area contributed by atoms with Gasteiger partial charge in [0.15, 0.2) is 0 Å². The zero-order valence-electron chi connectivity index (χ0n) is 14.2. The van der Waals surface area contributed by atoms with Crippen LogP contribution in [0.3, 0.4) is 0 Å². The standard InChI is InChI=1S/C20H22N2O3/c1-25-17-9-7-15(8-10-17)11-14-21-18(23)20(12-13-20)19(24)22-16-5-3-2-4-6-16/h2-10H,11-14H2,1H3,(H,21,23)(H,22,24). The third-order valence-electron chi connectivity index (χ3n) is 4.51. The average molecular weight is 338 g/mol. The van der Waals surface area contributed by atoms with Crippen LogP contribution in [0.15, 0.2) is 54.6 Å². The Morgan fingerprint density at radius 3 is 2.28 bits per heavy atom. The van der Waals surface area contributed by atoms with Crippen LogP contribution >= 0.6 is 0 Å². The number of benzene rings is 2. The van der Waals surface area contributed by atoms with Gasteiger partial charge < -0.3 is 15.4 Å². The molecular formula is C20H22N2O3. The second kappa shape index (κ2) is 7.38. The van der Waals surface area contributed by atoms with Gasteiger partial charge in [-0.15, -0.1) is 0 Å². The lowest BCUT2D eigenvalue weighted by Gasteiger charge is -2.15. The minimum atomic E-state index is -0.907. The number of methoxy groups -OCH3 is 1. The first-order chi connectivity index (χ1) is 12.1. The van der Waals surface area contributed by atoms with Crippen molar-refractivity contribution in [1.82, 2.24) is 5.32 Å². The van der Waals surface area contributed by atoms with Crippen LogP contribution in [0.1, 0.15) is 18.4 Å². The fourth-order valence-electron chi connectivity index (χ4n) is 2.74. The second-order valence-corrected chi connectivity index (χ2v) is 6.26. The van der Waals surface area contributed by atoms with Gasteiger partial charge in [-0.1, -0.05) is 30.3 Å². The highest BCUT2D eigenvalue weighted by molar-refractivity contribution is 6.13. The molecule has 0 aromatic heterocycles. The van der Waals surface area contributed by atoms with Gasteiger partial charge in [0.05, 0.1) is 7.11 Å². The number of hydrogen-bond donors (Lipinski definition) is 2. The van der Waals surface area contributed by atoms with Crippen LogP contribution < -0.4 is 15.4 Å². The van der Waals surface area contributed by atoms with Gasteiger partial charge >= 0.3 is 0 Å². The lowest BCUT2D eigenvalue weighted by atomic mass is 10.0. The number of carbonyl (C=O) groups is 2. The molecule has 130 valence electrons. The van der Waals surface area contributed by atoms with Crippen molar-refractivity contribution in [2.45, 2.75) is 19.3 Å². The van der Waals surface area contributed by atoms with Gasteiger partial charge in [0, 0.05) is 12.2 Å². The normalized spacial score (nSPS) is 14.4. The lowest BCUT2D eigenvalue weighted by molar-refractivity contribution is -0.134. The average Bonchev–Trinajstić information content (AvgIpc) is 3.45. The van der Waals surface area contributed by atoms with E-state index in [2.05, 4.69) is 10.6 Å². The molecule has 2 N–H and O–H groups in total. The molecule has 2 aromatic rings. The minimum absolute atomic E-state index is 0.186. The Morgan fingerprint density at radius 2 is 1.68 bits per heavy atom. The number of amides is 2. The maximum absolute atomic E-state index is 12.5. The highest BCUT2D eigenvalue weighted by atomic mass is 16.5. The number of hydrogen-bond acceptors (Lipinski definition) is 3. The van der Waals surface area contributed by atoms with E-state index in [0.29, 0.717) is 31.5 Å². The van der Waals surface area contributed by atoms with E-state index in [1.165, 1.54) is 0 Å².